The van der Waals surface area contributed by atoms with Crippen LogP contribution in [0.5, 0.6) is 0 Å². The lowest BCUT2D eigenvalue weighted by atomic mass is 9.96. The molecule has 2 rings (SSSR count). The Kier molecular flexibility index (Phi) is 3.33. The molecule has 84 valence electrons. The second kappa shape index (κ2) is 4.72. The smallest absolute Gasteiger partial charge is 0.255 e. The third-order valence-electron chi connectivity index (χ3n) is 2.71. The number of aliphatic hydroxyl groups excluding tert-OH is 1. The van der Waals surface area contributed by atoms with Gasteiger partial charge in [0.2, 0.25) is 0 Å². The van der Waals surface area contributed by atoms with E-state index in [2.05, 4.69) is 15.5 Å². The molecule has 0 aliphatic carbocycles. The van der Waals surface area contributed by atoms with Crippen LogP contribution in [-0.4, -0.2) is 28.3 Å². The van der Waals surface area contributed by atoms with E-state index < -0.39 is 6.10 Å². The Hall–Kier alpha value is -0.940. The quantitative estimate of drug-likeness (QED) is 0.768. The van der Waals surface area contributed by atoms with Crippen LogP contribution in [0.15, 0.2) is 4.52 Å². The summed E-state index contributed by atoms with van der Waals surface area (Å²) in [6.45, 7) is 3.76. The van der Waals surface area contributed by atoms with Gasteiger partial charge in [-0.05, 0) is 38.8 Å². The predicted octanol–water partition coefficient (Wildman–Crippen LogP) is 0.665. The van der Waals surface area contributed by atoms with Crippen molar-refractivity contribution in [3.05, 3.63) is 11.7 Å². The number of aromatic nitrogens is 2. The van der Waals surface area contributed by atoms with Crippen LogP contribution >= 0.6 is 0 Å². The van der Waals surface area contributed by atoms with E-state index in [9.17, 15) is 5.11 Å². The van der Waals surface area contributed by atoms with Gasteiger partial charge in [-0.15, -0.1) is 0 Å². The van der Waals surface area contributed by atoms with Crippen LogP contribution in [0.4, 0.5) is 0 Å². The summed E-state index contributed by atoms with van der Waals surface area (Å²) in [6.07, 6.45) is 2.59. The van der Waals surface area contributed by atoms with Crippen molar-refractivity contribution in [3.8, 4) is 0 Å². The van der Waals surface area contributed by atoms with Gasteiger partial charge in [-0.1, -0.05) is 5.16 Å². The Bertz CT molecular complexity index is 305. The summed E-state index contributed by atoms with van der Waals surface area (Å²) in [4.78, 5) is 4.15. The van der Waals surface area contributed by atoms with Crippen molar-refractivity contribution >= 4 is 0 Å². The lowest BCUT2D eigenvalue weighted by Gasteiger charge is -2.20. The van der Waals surface area contributed by atoms with E-state index >= 15 is 0 Å². The molecule has 1 saturated heterocycles. The lowest BCUT2D eigenvalue weighted by Crippen LogP contribution is -2.31. The van der Waals surface area contributed by atoms with Gasteiger partial charge >= 0.3 is 0 Å². The van der Waals surface area contributed by atoms with E-state index in [1.165, 1.54) is 12.8 Å². The molecule has 0 radical (unpaired) electrons. The molecule has 1 aromatic heterocycles. The molecule has 1 fully saturated rings. The maximum Gasteiger partial charge on any atom is 0.255 e. The fourth-order valence-corrected chi connectivity index (χ4v) is 1.88. The van der Waals surface area contributed by atoms with E-state index in [1.54, 1.807) is 6.92 Å². The standard InChI is InChI=1S/C10H17N3O2/c1-7(14)10-12-9(13-15-10)5-8-3-2-4-11-6-8/h7-8,11,14H,2-6H2,1H3. The highest BCUT2D eigenvalue weighted by molar-refractivity contribution is 4.91. The van der Waals surface area contributed by atoms with Gasteiger partial charge in [0.25, 0.3) is 5.89 Å². The SMILES string of the molecule is CC(O)c1nc(CC2CCCNC2)no1. The van der Waals surface area contributed by atoms with Gasteiger partial charge in [0, 0.05) is 6.42 Å². The highest BCUT2D eigenvalue weighted by Crippen LogP contribution is 2.16. The fraction of sp³-hybridized carbons (Fsp3) is 0.800. The first-order valence-electron chi connectivity index (χ1n) is 5.47. The molecule has 5 nitrogen and oxygen atoms in total. The maximum atomic E-state index is 9.23. The van der Waals surface area contributed by atoms with Crippen molar-refractivity contribution in [1.82, 2.24) is 15.5 Å². The zero-order valence-corrected chi connectivity index (χ0v) is 8.94. The molecule has 0 spiro atoms. The molecule has 2 N–H and O–H groups in total. The molecule has 0 bridgehead atoms. The molecule has 0 saturated carbocycles. The van der Waals surface area contributed by atoms with Crippen LogP contribution in [-0.2, 0) is 6.42 Å². The van der Waals surface area contributed by atoms with Crippen LogP contribution in [0, 0.1) is 5.92 Å². The molecule has 5 heteroatoms. The van der Waals surface area contributed by atoms with Gasteiger partial charge < -0.3 is 14.9 Å². The monoisotopic (exact) mass is 211 g/mol. The highest BCUT2D eigenvalue weighted by Gasteiger charge is 2.17. The third kappa shape index (κ3) is 2.76. The first-order valence-corrected chi connectivity index (χ1v) is 5.47. The summed E-state index contributed by atoms with van der Waals surface area (Å²) >= 11 is 0. The van der Waals surface area contributed by atoms with Gasteiger partial charge in [-0.25, -0.2) is 0 Å². The summed E-state index contributed by atoms with van der Waals surface area (Å²) in [7, 11) is 0. The van der Waals surface area contributed by atoms with E-state index in [4.69, 9.17) is 4.52 Å². The molecular formula is C10H17N3O2. The first kappa shape index (κ1) is 10.6. The largest absolute Gasteiger partial charge is 0.384 e. The van der Waals surface area contributed by atoms with Crippen molar-refractivity contribution in [2.45, 2.75) is 32.3 Å². The van der Waals surface area contributed by atoms with E-state index in [0.29, 0.717) is 17.6 Å². The summed E-state index contributed by atoms with van der Waals surface area (Å²) < 4.78 is 4.94. The lowest BCUT2D eigenvalue weighted by molar-refractivity contribution is 0.151. The second-order valence-corrected chi connectivity index (χ2v) is 4.14. The summed E-state index contributed by atoms with van der Waals surface area (Å²) in [5.74, 6) is 1.62. The Labute approximate surface area is 88.9 Å². The molecule has 2 unspecified atom stereocenters. The minimum absolute atomic E-state index is 0.314. The zero-order chi connectivity index (χ0) is 10.7. The molecule has 2 heterocycles. The number of nitrogens with zero attached hydrogens (tertiary/aromatic N) is 2. The third-order valence-corrected chi connectivity index (χ3v) is 2.71. The Morgan fingerprint density at radius 2 is 2.53 bits per heavy atom. The molecular weight excluding hydrogens is 194 g/mol. The summed E-state index contributed by atoms with van der Waals surface area (Å²) in [5, 5.41) is 16.4. The number of aliphatic hydroxyl groups is 1. The molecule has 1 aliphatic heterocycles. The van der Waals surface area contributed by atoms with E-state index in [1.807, 2.05) is 0 Å². The van der Waals surface area contributed by atoms with Crippen LogP contribution < -0.4 is 5.32 Å². The molecule has 2 atom stereocenters. The highest BCUT2D eigenvalue weighted by atomic mass is 16.5. The van der Waals surface area contributed by atoms with E-state index in [-0.39, 0.29) is 0 Å². The topological polar surface area (TPSA) is 71.2 Å². The van der Waals surface area contributed by atoms with Gasteiger partial charge in [0.1, 0.15) is 6.10 Å². The van der Waals surface area contributed by atoms with Crippen molar-refractivity contribution < 1.29 is 9.63 Å². The van der Waals surface area contributed by atoms with Gasteiger partial charge in [-0.2, -0.15) is 4.98 Å². The average molecular weight is 211 g/mol. The number of hydrogen-bond acceptors (Lipinski definition) is 5. The molecule has 15 heavy (non-hydrogen) atoms. The molecule has 1 aromatic rings. The number of nitrogens with one attached hydrogen (secondary N) is 1. The van der Waals surface area contributed by atoms with Gasteiger partial charge in [0.05, 0.1) is 0 Å². The molecule has 1 aliphatic rings. The number of piperidine rings is 1. The van der Waals surface area contributed by atoms with Gasteiger partial charge in [0.15, 0.2) is 5.82 Å². The normalized spacial score (nSPS) is 24.0. The van der Waals surface area contributed by atoms with Crippen molar-refractivity contribution in [3.63, 3.8) is 0 Å². The van der Waals surface area contributed by atoms with Gasteiger partial charge in [-0.3, -0.25) is 0 Å². The first-order chi connectivity index (χ1) is 7.25. The van der Waals surface area contributed by atoms with Crippen molar-refractivity contribution in [1.29, 1.82) is 0 Å². The summed E-state index contributed by atoms with van der Waals surface area (Å²) in [5.41, 5.74) is 0. The molecule has 0 aromatic carbocycles. The summed E-state index contributed by atoms with van der Waals surface area (Å²) in [6, 6.07) is 0. The van der Waals surface area contributed by atoms with E-state index in [0.717, 1.165) is 19.5 Å². The zero-order valence-electron chi connectivity index (χ0n) is 8.94. The Morgan fingerprint density at radius 3 is 3.13 bits per heavy atom. The maximum absolute atomic E-state index is 9.23. The van der Waals surface area contributed by atoms with Crippen LogP contribution in [0.2, 0.25) is 0 Å². The Morgan fingerprint density at radius 1 is 1.67 bits per heavy atom. The second-order valence-electron chi connectivity index (χ2n) is 4.14. The van der Waals surface area contributed by atoms with Crippen molar-refractivity contribution in [2.24, 2.45) is 5.92 Å². The number of rotatable bonds is 3. The minimum Gasteiger partial charge on any atom is -0.384 e. The Balaban J connectivity index is 1.91. The van der Waals surface area contributed by atoms with Crippen LogP contribution in [0.25, 0.3) is 0 Å². The van der Waals surface area contributed by atoms with Crippen molar-refractivity contribution in [2.75, 3.05) is 13.1 Å². The minimum atomic E-state index is -0.671. The molecule has 0 amide bonds. The predicted molar refractivity (Wildman–Crippen MR) is 54.2 cm³/mol. The average Bonchev–Trinajstić information content (AvgIpc) is 2.68. The van der Waals surface area contributed by atoms with Crippen LogP contribution in [0.1, 0.15) is 37.6 Å². The number of hydrogen-bond donors (Lipinski definition) is 2. The fourth-order valence-electron chi connectivity index (χ4n) is 1.88. The van der Waals surface area contributed by atoms with Crippen LogP contribution in [0.3, 0.4) is 0 Å².